The third kappa shape index (κ3) is 42.0. The van der Waals surface area contributed by atoms with E-state index < -0.39 is 156 Å². The summed E-state index contributed by atoms with van der Waals surface area (Å²) < 4.78 is 217. The Morgan fingerprint density at radius 2 is 1.01 bits per heavy atom. The Morgan fingerprint density at radius 1 is 0.604 bits per heavy atom. The molecule has 8 fully saturated rings. The zero-order chi connectivity index (χ0) is 72.5. The maximum Gasteiger partial charge on any atom is 0.511 e. The van der Waals surface area contributed by atoms with Crippen molar-refractivity contribution in [3.05, 3.63) is 49.6 Å². The number of cyclic esters (lactones) is 16. The number of carbonyl (C=O) groups excluding carboxylic acids is 8. The van der Waals surface area contributed by atoms with Crippen LogP contribution in [-0.2, 0) is 114 Å². The molecule has 42 heteroatoms. The van der Waals surface area contributed by atoms with E-state index in [1.165, 1.54) is 6.92 Å². The third-order valence-electron chi connectivity index (χ3n) is 9.79. The monoisotopic (exact) mass is 1430 g/mol. The zero-order valence-corrected chi connectivity index (χ0v) is 52.9. The average Bonchev–Trinajstić information content (AvgIpc) is 1.69. The van der Waals surface area contributed by atoms with Gasteiger partial charge >= 0.3 is 67.8 Å². The molecule has 8 aliphatic heterocycles. The Bertz CT molecular complexity index is 2630. The Morgan fingerprint density at radius 3 is 1.35 bits per heavy atom. The van der Waals surface area contributed by atoms with Gasteiger partial charge in [-0.15, -0.1) is 18.5 Å². The van der Waals surface area contributed by atoms with Crippen LogP contribution in [0.1, 0.15) is 20.8 Å². The lowest BCUT2D eigenvalue weighted by Gasteiger charge is -2.23. The number of halogens is 9. The second-order valence-electron chi connectivity index (χ2n) is 19.0. The maximum absolute atomic E-state index is 12.3. The summed E-state index contributed by atoms with van der Waals surface area (Å²) >= 11 is 0. The summed E-state index contributed by atoms with van der Waals surface area (Å²) in [7, 11) is -1.33. The van der Waals surface area contributed by atoms with Crippen molar-refractivity contribution in [2.45, 2.75) is 115 Å². The summed E-state index contributed by atoms with van der Waals surface area (Å²) in [5.41, 5.74) is 3.14. The number of rotatable bonds is 23. The van der Waals surface area contributed by atoms with Gasteiger partial charge in [-0.3, -0.25) is 0 Å². The molecule has 8 saturated heterocycles. The minimum absolute atomic E-state index is 0.00606. The minimum atomic E-state index is -4.35. The van der Waals surface area contributed by atoms with Gasteiger partial charge in [0.2, 0.25) is 37.7 Å². The standard InChI is InChI=1S/C9H14O4Si.C8H11FO4.C7H8F4O4.C7H7F3O4.C6H7FO4.C6H8O4.C6H6O4.C5H8O4/c1-14(2,3)6-4-5-11-8-7-12-9(10)13-8;1-5(9)4-11-8(3)6(2)12-7(10)13-8;8-5(9)7(10,11)3-13-1-4-2-14-6(12)15-4;8-7(9,10)2-1-3-12-5-4-13-6(11)14-5;1-4(7)2-9-5-3-10-6(8)11-5;2*1-2-3-8-5-4-9-6(7)10-5;1-2-7-4-3-8-5(6)9-4/h8H,5,7H2,1-3H3;6H,1,4H2,2-3H3;4-5H,1-3H2;1-2,5H,3-4H2;5H,1-3H2;2,5H,1,3-4H2;1,5H,3-4H2;4H,2-3H2,1H3. The van der Waals surface area contributed by atoms with Crippen molar-refractivity contribution in [2.24, 2.45) is 0 Å². The van der Waals surface area contributed by atoms with Gasteiger partial charge < -0.3 is 114 Å². The van der Waals surface area contributed by atoms with Crippen LogP contribution in [0.5, 0.6) is 0 Å². The molecular weight excluding hydrogens is 1360 g/mol. The van der Waals surface area contributed by atoms with Gasteiger partial charge in [0.1, 0.15) is 59.4 Å². The van der Waals surface area contributed by atoms with E-state index in [0.29, 0.717) is 13.2 Å². The highest BCUT2D eigenvalue weighted by molar-refractivity contribution is 6.83. The summed E-state index contributed by atoms with van der Waals surface area (Å²) in [6.07, 6.45) is -12.3. The fourth-order valence-electron chi connectivity index (χ4n) is 5.56. The number of hydrogen-bond donors (Lipinski definition) is 0. The van der Waals surface area contributed by atoms with E-state index in [1.54, 1.807) is 13.0 Å². The molecule has 0 N–H and O–H groups in total. The van der Waals surface area contributed by atoms with E-state index in [-0.39, 0.29) is 85.4 Å². The molecule has 9 unspecified atom stereocenters. The lowest BCUT2D eigenvalue weighted by atomic mass is 10.2. The van der Waals surface area contributed by atoms with Crippen LogP contribution < -0.4 is 0 Å². The highest BCUT2D eigenvalue weighted by atomic mass is 28.3. The largest absolute Gasteiger partial charge is 0.511 e. The number of ether oxygens (including phenoxy) is 24. The third-order valence-corrected chi connectivity index (χ3v) is 10.7. The van der Waals surface area contributed by atoms with Gasteiger partial charge in [0.25, 0.3) is 5.79 Å². The number of hydrogen-bond acceptors (Lipinski definition) is 32. The number of carbonyl (C=O) groups is 8. The van der Waals surface area contributed by atoms with Crippen LogP contribution in [0.4, 0.5) is 77.9 Å². The fourth-order valence-corrected chi connectivity index (χ4v) is 6.16. The molecule has 0 saturated carbocycles. The lowest BCUT2D eigenvalue weighted by Crippen LogP contribution is -2.38. The minimum Gasteiger partial charge on any atom is -0.430 e. The molecule has 544 valence electrons. The van der Waals surface area contributed by atoms with Gasteiger partial charge in [-0.25, -0.2) is 55.9 Å². The number of terminal acetylenes is 1. The molecule has 8 heterocycles. The van der Waals surface area contributed by atoms with Crippen molar-refractivity contribution in [2.75, 3.05) is 106 Å². The zero-order valence-electron chi connectivity index (χ0n) is 51.9. The van der Waals surface area contributed by atoms with Crippen LogP contribution in [0.2, 0.25) is 19.6 Å². The molecular formula is C54H69F9O32Si. The van der Waals surface area contributed by atoms with Gasteiger partial charge in [0, 0.05) is 19.6 Å². The molecule has 8 aliphatic rings. The van der Waals surface area contributed by atoms with E-state index in [0.717, 1.165) is 6.08 Å². The van der Waals surface area contributed by atoms with Crippen LogP contribution in [0.15, 0.2) is 49.6 Å². The second-order valence-corrected chi connectivity index (χ2v) is 23.8. The molecule has 96 heavy (non-hydrogen) atoms. The van der Waals surface area contributed by atoms with Crippen LogP contribution in [0, 0.1) is 23.8 Å². The maximum atomic E-state index is 12.3. The van der Waals surface area contributed by atoms with Gasteiger partial charge in [-0.2, -0.15) is 22.0 Å². The first-order chi connectivity index (χ1) is 45.0. The molecule has 0 bridgehead atoms. The van der Waals surface area contributed by atoms with Crippen LogP contribution in [0.25, 0.3) is 0 Å². The molecule has 0 amide bonds. The highest BCUT2D eigenvalue weighted by Crippen LogP contribution is 2.29. The first-order valence-corrected chi connectivity index (χ1v) is 30.7. The van der Waals surface area contributed by atoms with Crippen molar-refractivity contribution in [1.82, 2.24) is 0 Å². The first-order valence-electron chi connectivity index (χ1n) is 27.2. The summed E-state index contributed by atoms with van der Waals surface area (Å²) in [6.45, 7) is 19.9. The van der Waals surface area contributed by atoms with E-state index in [1.807, 2.05) is 6.92 Å². The summed E-state index contributed by atoms with van der Waals surface area (Å²) in [5, 5.41) is 0. The summed E-state index contributed by atoms with van der Waals surface area (Å²) in [5.74, 6) is -1.50. The van der Waals surface area contributed by atoms with E-state index in [2.05, 4.69) is 133 Å². The summed E-state index contributed by atoms with van der Waals surface area (Å²) in [4.78, 5) is 82.8. The lowest BCUT2D eigenvalue weighted by molar-refractivity contribution is -0.182. The van der Waals surface area contributed by atoms with Crippen LogP contribution in [-0.4, -0.2) is 237 Å². The Hall–Kier alpha value is -8.49. The van der Waals surface area contributed by atoms with Crippen molar-refractivity contribution in [3.8, 4) is 23.8 Å². The van der Waals surface area contributed by atoms with Gasteiger partial charge in [-0.05, 0) is 13.8 Å². The van der Waals surface area contributed by atoms with Gasteiger partial charge in [-0.1, -0.05) is 56.8 Å². The van der Waals surface area contributed by atoms with E-state index in [9.17, 15) is 77.9 Å². The average molecular weight is 1430 g/mol. The Kier molecular flexibility index (Phi) is 40.1. The number of alkyl halides is 7. The smallest absolute Gasteiger partial charge is 0.430 e. The highest BCUT2D eigenvalue weighted by Gasteiger charge is 2.46. The van der Waals surface area contributed by atoms with Gasteiger partial charge in [0.05, 0.1) is 19.8 Å². The van der Waals surface area contributed by atoms with Crippen molar-refractivity contribution in [3.63, 3.8) is 0 Å². The molecule has 9 atom stereocenters. The normalized spacial score (nSPS) is 23.9. The molecule has 0 aromatic heterocycles. The second kappa shape index (κ2) is 45.0. The first kappa shape index (κ1) is 85.5. The van der Waals surface area contributed by atoms with Crippen LogP contribution >= 0.6 is 0 Å². The SMILES string of the molecule is C#CCOC1COC(=O)O1.C=C(F)COC1(C)OC(=O)OC1C.C=C(F)COC1COC(=O)O1.C=CCOC1COC(=O)O1.CCOC1COC(=O)O1.C[Si](C)(C)C#CCOC1COC(=O)O1.O=C1OCC(COCC(F)(F)C(F)F)O1.O=C1OCC(OCC=CC(F)(F)F)O1. The molecule has 0 spiro atoms. The van der Waals surface area contributed by atoms with Crippen LogP contribution in [0.3, 0.4) is 0 Å². The van der Waals surface area contributed by atoms with E-state index >= 15 is 0 Å². The molecule has 0 radical (unpaired) electrons. The molecule has 0 aromatic rings. The molecule has 8 rings (SSSR count). The predicted octanol–water partition coefficient (Wildman–Crippen LogP) is 8.49. The summed E-state index contributed by atoms with van der Waals surface area (Å²) in [6, 6.07) is 0. The van der Waals surface area contributed by atoms with Crippen molar-refractivity contribution < 1.29 is 192 Å². The predicted molar refractivity (Wildman–Crippen MR) is 294 cm³/mol. The van der Waals surface area contributed by atoms with Crippen molar-refractivity contribution >= 4 is 57.3 Å². The topological polar surface area (TPSA) is 358 Å². The van der Waals surface area contributed by atoms with E-state index in [4.69, 9.17) is 44.3 Å². The van der Waals surface area contributed by atoms with Crippen molar-refractivity contribution in [1.29, 1.82) is 0 Å². The van der Waals surface area contributed by atoms with Gasteiger partial charge in [0.15, 0.2) is 51.8 Å². The number of allylic oxidation sites excluding steroid dienone is 1. The molecule has 32 nitrogen and oxygen atoms in total. The fraction of sp³-hybridized carbons (Fsp3) is 0.630. The Labute approximate surface area is 541 Å². The molecule has 0 aliphatic carbocycles. The quantitative estimate of drug-likeness (QED) is 0.0231. The molecule has 0 aromatic carbocycles. The Balaban J connectivity index is 0.000000551.